The van der Waals surface area contributed by atoms with Crippen molar-refractivity contribution < 1.29 is 9.90 Å². The predicted molar refractivity (Wildman–Crippen MR) is 81.1 cm³/mol. The number of aromatic nitrogens is 1. The van der Waals surface area contributed by atoms with Crippen LogP contribution in [0.3, 0.4) is 0 Å². The molecule has 1 aromatic carbocycles. The fraction of sp³-hybridized carbons (Fsp3) is 0.353. The van der Waals surface area contributed by atoms with Crippen LogP contribution in [0.2, 0.25) is 0 Å². The zero-order chi connectivity index (χ0) is 14.7. The standard InChI is InChI=1S/C17H20N2O2/c20-13-15-8-10-19(12-15)17(21)16-7-4-9-18(16)11-14-5-2-1-3-6-14/h1-7,9,15,20H,8,10-13H2. The Balaban J connectivity index is 1.75. The number of carbonyl (C=O) groups excluding carboxylic acids is 1. The van der Waals surface area contributed by atoms with Gasteiger partial charge in [-0.1, -0.05) is 30.3 Å². The molecule has 1 unspecified atom stereocenters. The third-order valence-electron chi connectivity index (χ3n) is 4.08. The molecule has 1 aromatic heterocycles. The number of likely N-dealkylation sites (tertiary alicyclic amines) is 1. The Morgan fingerprint density at radius 1 is 1.19 bits per heavy atom. The van der Waals surface area contributed by atoms with Crippen LogP contribution >= 0.6 is 0 Å². The predicted octanol–water partition coefficient (Wildman–Crippen LogP) is 1.99. The summed E-state index contributed by atoms with van der Waals surface area (Å²) in [7, 11) is 0. The molecule has 110 valence electrons. The number of hydrogen-bond acceptors (Lipinski definition) is 2. The number of carbonyl (C=O) groups is 1. The van der Waals surface area contributed by atoms with E-state index in [0.29, 0.717) is 13.1 Å². The van der Waals surface area contributed by atoms with Gasteiger partial charge in [-0.25, -0.2) is 0 Å². The molecule has 1 saturated heterocycles. The average molecular weight is 284 g/mol. The van der Waals surface area contributed by atoms with E-state index < -0.39 is 0 Å². The SMILES string of the molecule is O=C(c1cccn1Cc1ccccc1)N1CCC(CO)C1. The van der Waals surface area contributed by atoms with Crippen molar-refractivity contribution in [2.24, 2.45) is 5.92 Å². The molecule has 4 nitrogen and oxygen atoms in total. The summed E-state index contributed by atoms with van der Waals surface area (Å²) in [4.78, 5) is 14.4. The van der Waals surface area contributed by atoms with Gasteiger partial charge < -0.3 is 14.6 Å². The highest BCUT2D eigenvalue weighted by molar-refractivity contribution is 5.93. The number of nitrogens with zero attached hydrogens (tertiary/aromatic N) is 2. The van der Waals surface area contributed by atoms with Gasteiger partial charge in [0, 0.05) is 38.4 Å². The average Bonchev–Trinajstić information content (AvgIpc) is 3.16. The molecule has 1 fully saturated rings. The minimum absolute atomic E-state index is 0.0619. The Hall–Kier alpha value is -2.07. The van der Waals surface area contributed by atoms with Crippen molar-refractivity contribution >= 4 is 5.91 Å². The maximum Gasteiger partial charge on any atom is 0.270 e. The van der Waals surface area contributed by atoms with Crippen LogP contribution in [-0.4, -0.2) is 40.2 Å². The van der Waals surface area contributed by atoms with Gasteiger partial charge in [0.2, 0.25) is 0 Å². The number of rotatable bonds is 4. The highest BCUT2D eigenvalue weighted by atomic mass is 16.3. The first-order valence-corrected chi connectivity index (χ1v) is 7.37. The molecule has 0 aliphatic carbocycles. The van der Waals surface area contributed by atoms with Gasteiger partial charge in [-0.05, 0) is 24.1 Å². The van der Waals surface area contributed by atoms with E-state index in [4.69, 9.17) is 0 Å². The van der Waals surface area contributed by atoms with Crippen LogP contribution in [0.25, 0.3) is 0 Å². The van der Waals surface area contributed by atoms with Crippen molar-refractivity contribution in [2.75, 3.05) is 19.7 Å². The quantitative estimate of drug-likeness (QED) is 0.933. The van der Waals surface area contributed by atoms with Gasteiger partial charge in [0.15, 0.2) is 0 Å². The summed E-state index contributed by atoms with van der Waals surface area (Å²) in [6.45, 7) is 2.26. The fourth-order valence-electron chi connectivity index (χ4n) is 2.85. The van der Waals surface area contributed by atoms with Crippen molar-refractivity contribution in [3.63, 3.8) is 0 Å². The summed E-state index contributed by atoms with van der Waals surface area (Å²) in [5, 5.41) is 9.20. The van der Waals surface area contributed by atoms with E-state index in [-0.39, 0.29) is 18.4 Å². The minimum atomic E-state index is 0.0619. The highest BCUT2D eigenvalue weighted by Gasteiger charge is 2.27. The van der Waals surface area contributed by atoms with Gasteiger partial charge in [-0.15, -0.1) is 0 Å². The van der Waals surface area contributed by atoms with Gasteiger partial charge in [0.1, 0.15) is 5.69 Å². The van der Waals surface area contributed by atoms with Crippen molar-refractivity contribution in [1.29, 1.82) is 0 Å². The molecular formula is C17H20N2O2. The molecule has 3 rings (SSSR count). The summed E-state index contributed by atoms with van der Waals surface area (Å²) in [5.41, 5.74) is 1.90. The molecule has 2 aromatic rings. The molecule has 0 radical (unpaired) electrons. The normalized spacial score (nSPS) is 18.1. The lowest BCUT2D eigenvalue weighted by molar-refractivity contribution is 0.0771. The largest absolute Gasteiger partial charge is 0.396 e. The van der Waals surface area contributed by atoms with E-state index >= 15 is 0 Å². The first kappa shape index (κ1) is 13.9. The van der Waals surface area contributed by atoms with Crippen LogP contribution in [-0.2, 0) is 6.54 Å². The van der Waals surface area contributed by atoms with E-state index in [2.05, 4.69) is 12.1 Å². The zero-order valence-electron chi connectivity index (χ0n) is 12.0. The molecule has 1 amide bonds. The molecule has 0 saturated carbocycles. The summed E-state index contributed by atoms with van der Waals surface area (Å²) in [6, 6.07) is 13.9. The van der Waals surface area contributed by atoms with Crippen LogP contribution in [0.15, 0.2) is 48.7 Å². The minimum Gasteiger partial charge on any atom is -0.396 e. The van der Waals surface area contributed by atoms with Crippen LogP contribution < -0.4 is 0 Å². The van der Waals surface area contributed by atoms with Gasteiger partial charge in [0.25, 0.3) is 5.91 Å². The second-order valence-electron chi connectivity index (χ2n) is 5.60. The number of amides is 1. The van der Waals surface area contributed by atoms with Crippen molar-refractivity contribution in [3.8, 4) is 0 Å². The molecule has 1 atom stereocenters. The Morgan fingerprint density at radius 2 is 2.00 bits per heavy atom. The Kier molecular flexibility index (Phi) is 4.06. The van der Waals surface area contributed by atoms with E-state index in [1.54, 1.807) is 0 Å². The summed E-state index contributed by atoms with van der Waals surface area (Å²) < 4.78 is 1.99. The van der Waals surface area contributed by atoms with E-state index in [1.807, 2.05) is 46.0 Å². The van der Waals surface area contributed by atoms with Gasteiger partial charge in [0.05, 0.1) is 0 Å². The van der Waals surface area contributed by atoms with Gasteiger partial charge in [-0.2, -0.15) is 0 Å². The van der Waals surface area contributed by atoms with Crippen molar-refractivity contribution in [2.45, 2.75) is 13.0 Å². The number of hydrogen-bond donors (Lipinski definition) is 1. The molecule has 4 heteroatoms. The highest BCUT2D eigenvalue weighted by Crippen LogP contribution is 2.19. The molecular weight excluding hydrogens is 264 g/mol. The number of aliphatic hydroxyl groups is 1. The van der Waals surface area contributed by atoms with Crippen LogP contribution in [0.4, 0.5) is 0 Å². The lowest BCUT2D eigenvalue weighted by Crippen LogP contribution is -2.30. The molecule has 0 bridgehead atoms. The summed E-state index contributed by atoms with van der Waals surface area (Å²) in [6.07, 6.45) is 2.83. The van der Waals surface area contributed by atoms with Gasteiger partial charge >= 0.3 is 0 Å². The smallest absolute Gasteiger partial charge is 0.270 e. The van der Waals surface area contributed by atoms with E-state index in [0.717, 1.165) is 18.7 Å². The van der Waals surface area contributed by atoms with E-state index in [9.17, 15) is 9.90 Å². The Morgan fingerprint density at radius 3 is 2.71 bits per heavy atom. The lowest BCUT2D eigenvalue weighted by atomic mass is 10.1. The summed E-state index contributed by atoms with van der Waals surface area (Å²) in [5.74, 6) is 0.290. The maximum atomic E-state index is 12.6. The third-order valence-corrected chi connectivity index (χ3v) is 4.08. The topological polar surface area (TPSA) is 45.5 Å². The molecule has 2 heterocycles. The Labute approximate surface area is 124 Å². The monoisotopic (exact) mass is 284 g/mol. The fourth-order valence-corrected chi connectivity index (χ4v) is 2.85. The second-order valence-corrected chi connectivity index (χ2v) is 5.60. The van der Waals surface area contributed by atoms with Crippen LogP contribution in [0, 0.1) is 5.92 Å². The van der Waals surface area contributed by atoms with Crippen molar-refractivity contribution in [1.82, 2.24) is 9.47 Å². The maximum absolute atomic E-state index is 12.6. The van der Waals surface area contributed by atoms with Gasteiger partial charge in [-0.3, -0.25) is 4.79 Å². The molecule has 1 aliphatic heterocycles. The molecule has 21 heavy (non-hydrogen) atoms. The van der Waals surface area contributed by atoms with Crippen LogP contribution in [0.1, 0.15) is 22.5 Å². The molecule has 1 aliphatic rings. The second kappa shape index (κ2) is 6.14. The first-order chi connectivity index (χ1) is 10.3. The van der Waals surface area contributed by atoms with Crippen molar-refractivity contribution in [3.05, 3.63) is 59.9 Å². The van der Waals surface area contributed by atoms with Crippen LogP contribution in [0.5, 0.6) is 0 Å². The third kappa shape index (κ3) is 3.00. The lowest BCUT2D eigenvalue weighted by Gasteiger charge is -2.17. The first-order valence-electron chi connectivity index (χ1n) is 7.37. The number of benzene rings is 1. The molecule has 0 spiro atoms. The zero-order valence-corrected chi connectivity index (χ0v) is 12.0. The van der Waals surface area contributed by atoms with E-state index in [1.165, 1.54) is 5.56 Å². The Bertz CT molecular complexity index is 606. The molecule has 1 N–H and O–H groups in total. The summed E-state index contributed by atoms with van der Waals surface area (Å²) >= 11 is 0. The number of aliphatic hydroxyl groups excluding tert-OH is 1.